The lowest BCUT2D eigenvalue weighted by Gasteiger charge is -2.08. The number of hydrogen-bond acceptors (Lipinski definition) is 3. The Morgan fingerprint density at radius 1 is 1.14 bits per heavy atom. The molecule has 0 radical (unpaired) electrons. The van der Waals surface area contributed by atoms with Crippen LogP contribution in [0.2, 0.25) is 10.0 Å². The highest BCUT2D eigenvalue weighted by Crippen LogP contribution is 2.29. The Morgan fingerprint density at radius 3 is 2.59 bits per heavy atom. The number of H-pyrrole nitrogens is 1. The van der Waals surface area contributed by atoms with Crippen LogP contribution in [0.15, 0.2) is 59.4 Å². The van der Waals surface area contributed by atoms with Gasteiger partial charge in [-0.05, 0) is 48.5 Å². The molecule has 0 spiro atoms. The number of aromatic nitrogens is 3. The van der Waals surface area contributed by atoms with Crippen LogP contribution in [0.25, 0.3) is 33.8 Å². The molecule has 2 aromatic carbocycles. The zero-order valence-corrected chi connectivity index (χ0v) is 16.8. The van der Waals surface area contributed by atoms with Crippen LogP contribution < -0.4 is 5.56 Å². The Hall–Kier alpha value is -3.33. The van der Waals surface area contributed by atoms with Gasteiger partial charge in [0.1, 0.15) is 6.07 Å². The van der Waals surface area contributed by atoms with Crippen LogP contribution in [-0.2, 0) is 7.05 Å². The molecule has 1 N–H and O–H groups in total. The molecule has 0 atom stereocenters. The zero-order valence-electron chi connectivity index (χ0n) is 15.3. The zero-order chi connectivity index (χ0) is 20.5. The van der Waals surface area contributed by atoms with E-state index in [1.54, 1.807) is 36.4 Å². The van der Waals surface area contributed by atoms with Crippen molar-refractivity contribution in [1.29, 1.82) is 5.26 Å². The Kier molecular flexibility index (Phi) is 4.98. The normalized spacial score (nSPS) is 11.6. The van der Waals surface area contributed by atoms with Crippen LogP contribution in [0.1, 0.15) is 11.5 Å². The van der Waals surface area contributed by atoms with Crippen molar-refractivity contribution in [3.63, 3.8) is 0 Å². The van der Waals surface area contributed by atoms with Gasteiger partial charge < -0.3 is 9.55 Å². The first-order valence-corrected chi connectivity index (χ1v) is 9.45. The second-order valence-corrected chi connectivity index (χ2v) is 7.33. The van der Waals surface area contributed by atoms with E-state index in [4.69, 9.17) is 23.2 Å². The Bertz CT molecular complexity index is 1360. The number of allylic oxidation sites excluding steroid dienone is 1. The molecule has 4 rings (SSSR count). The number of aromatic amines is 1. The van der Waals surface area contributed by atoms with Crippen LogP contribution in [-0.4, -0.2) is 14.5 Å². The topological polar surface area (TPSA) is 74.5 Å². The highest BCUT2D eigenvalue weighted by Gasteiger charge is 2.11. The summed E-state index contributed by atoms with van der Waals surface area (Å²) in [5, 5.41) is 11.2. The van der Waals surface area contributed by atoms with Crippen molar-refractivity contribution in [3.8, 4) is 17.3 Å². The lowest BCUT2D eigenvalue weighted by atomic mass is 10.1. The number of fused-ring (bicyclic) bond motifs is 1. The summed E-state index contributed by atoms with van der Waals surface area (Å²) in [4.78, 5) is 19.5. The smallest absolute Gasteiger partial charge is 0.259 e. The average Bonchev–Trinajstić information content (AvgIpc) is 3.05. The number of halogens is 2. The van der Waals surface area contributed by atoms with E-state index in [1.165, 1.54) is 0 Å². The van der Waals surface area contributed by atoms with E-state index < -0.39 is 0 Å². The molecule has 0 amide bonds. The third-order valence-corrected chi connectivity index (χ3v) is 5.04. The fourth-order valence-electron chi connectivity index (χ4n) is 3.18. The van der Waals surface area contributed by atoms with Crippen LogP contribution in [0.5, 0.6) is 0 Å². The number of nitrogens with zero attached hydrogens (tertiary/aromatic N) is 3. The van der Waals surface area contributed by atoms with Gasteiger partial charge in [0.2, 0.25) is 0 Å². The molecule has 7 heteroatoms. The summed E-state index contributed by atoms with van der Waals surface area (Å²) < 4.78 is 1.92. The van der Waals surface area contributed by atoms with Gasteiger partial charge in [0.05, 0.1) is 16.5 Å². The first-order valence-electron chi connectivity index (χ1n) is 8.69. The summed E-state index contributed by atoms with van der Waals surface area (Å²) in [5.74, 6) is 0.227. The highest BCUT2D eigenvalue weighted by molar-refractivity contribution is 6.35. The molecular formula is C22H14Cl2N4O. The Labute approximate surface area is 176 Å². The summed E-state index contributed by atoms with van der Waals surface area (Å²) in [5.41, 5.74) is 3.02. The fourth-order valence-corrected chi connectivity index (χ4v) is 3.71. The van der Waals surface area contributed by atoms with Crippen LogP contribution in [0.3, 0.4) is 0 Å². The van der Waals surface area contributed by atoms with Gasteiger partial charge in [-0.1, -0.05) is 35.3 Å². The molecule has 0 aliphatic carbocycles. The van der Waals surface area contributed by atoms with Gasteiger partial charge in [-0.25, -0.2) is 4.98 Å². The van der Waals surface area contributed by atoms with E-state index in [1.807, 2.05) is 35.9 Å². The third kappa shape index (κ3) is 3.68. The Balaban J connectivity index is 1.80. The molecule has 0 aliphatic rings. The van der Waals surface area contributed by atoms with Gasteiger partial charge in [0.25, 0.3) is 5.56 Å². The van der Waals surface area contributed by atoms with Gasteiger partial charge in [0.15, 0.2) is 5.82 Å². The van der Waals surface area contributed by atoms with Crippen molar-refractivity contribution in [1.82, 2.24) is 14.5 Å². The minimum Gasteiger partial charge on any atom is -0.344 e. The van der Waals surface area contributed by atoms with Crippen molar-refractivity contribution in [2.75, 3.05) is 0 Å². The molecule has 0 saturated carbocycles. The van der Waals surface area contributed by atoms with E-state index in [0.29, 0.717) is 20.9 Å². The van der Waals surface area contributed by atoms with E-state index in [0.717, 1.165) is 17.0 Å². The van der Waals surface area contributed by atoms with E-state index in [9.17, 15) is 10.1 Å². The van der Waals surface area contributed by atoms with Crippen molar-refractivity contribution in [2.24, 2.45) is 7.05 Å². The van der Waals surface area contributed by atoms with E-state index in [-0.39, 0.29) is 17.0 Å². The van der Waals surface area contributed by atoms with Crippen LogP contribution in [0, 0.1) is 11.3 Å². The number of benzene rings is 2. The molecule has 4 aromatic rings. The minimum atomic E-state index is -0.284. The summed E-state index contributed by atoms with van der Waals surface area (Å²) in [6.45, 7) is 0. The molecule has 2 aromatic heterocycles. The van der Waals surface area contributed by atoms with Crippen molar-refractivity contribution in [3.05, 3.63) is 86.5 Å². The van der Waals surface area contributed by atoms with Gasteiger partial charge in [-0.2, -0.15) is 5.26 Å². The summed E-state index contributed by atoms with van der Waals surface area (Å²) in [7, 11) is 1.88. The number of nitriles is 1. The van der Waals surface area contributed by atoms with Crippen molar-refractivity contribution >= 4 is 45.8 Å². The minimum absolute atomic E-state index is 0.227. The molecule has 29 heavy (non-hydrogen) atoms. The maximum Gasteiger partial charge on any atom is 0.259 e. The third-order valence-electron chi connectivity index (χ3n) is 4.60. The summed E-state index contributed by atoms with van der Waals surface area (Å²) >= 11 is 12.2. The number of hydrogen-bond donors (Lipinski definition) is 1. The first-order chi connectivity index (χ1) is 14.0. The quantitative estimate of drug-likeness (QED) is 0.456. The summed E-state index contributed by atoms with van der Waals surface area (Å²) in [6.07, 6.45) is 1.68. The number of rotatable bonds is 3. The van der Waals surface area contributed by atoms with Gasteiger partial charge in [-0.3, -0.25) is 4.79 Å². The van der Waals surface area contributed by atoms with Crippen molar-refractivity contribution in [2.45, 2.75) is 0 Å². The lowest BCUT2D eigenvalue weighted by molar-refractivity contribution is 0.924. The van der Waals surface area contributed by atoms with Crippen LogP contribution in [0.4, 0.5) is 0 Å². The fraction of sp³-hybridized carbons (Fsp3) is 0.0455. The Morgan fingerprint density at radius 2 is 1.86 bits per heavy atom. The molecule has 142 valence electrons. The van der Waals surface area contributed by atoms with Crippen molar-refractivity contribution < 1.29 is 0 Å². The second kappa shape index (κ2) is 7.59. The summed E-state index contributed by atoms with van der Waals surface area (Å²) in [6, 6.07) is 18.2. The monoisotopic (exact) mass is 420 g/mol. The number of para-hydroxylation sites is 1. The number of nitrogens with one attached hydrogen (secondary N) is 1. The first kappa shape index (κ1) is 19.0. The average molecular weight is 421 g/mol. The molecular weight excluding hydrogens is 407 g/mol. The van der Waals surface area contributed by atoms with E-state index in [2.05, 4.69) is 16.0 Å². The van der Waals surface area contributed by atoms with Crippen LogP contribution >= 0.6 is 23.2 Å². The molecule has 0 fully saturated rings. The lowest BCUT2D eigenvalue weighted by Crippen LogP contribution is -2.11. The van der Waals surface area contributed by atoms with Gasteiger partial charge in [0, 0.05) is 34.0 Å². The SMILES string of the molecule is Cn1c(C=C(C#N)c2nc3ccccc3c(=O)[nH]2)ccc1-c1cc(Cl)cc(Cl)c1. The van der Waals surface area contributed by atoms with Gasteiger partial charge >= 0.3 is 0 Å². The molecule has 0 bridgehead atoms. The maximum atomic E-state index is 12.3. The van der Waals surface area contributed by atoms with Gasteiger partial charge in [-0.15, -0.1) is 0 Å². The highest BCUT2D eigenvalue weighted by atomic mass is 35.5. The predicted octanol–water partition coefficient (Wildman–Crippen LogP) is 5.30. The van der Waals surface area contributed by atoms with E-state index >= 15 is 0 Å². The predicted molar refractivity (Wildman–Crippen MR) is 117 cm³/mol. The molecule has 5 nitrogen and oxygen atoms in total. The molecule has 2 heterocycles. The maximum absolute atomic E-state index is 12.3. The largest absolute Gasteiger partial charge is 0.344 e. The molecule has 0 aliphatic heterocycles. The molecule has 0 unspecified atom stereocenters. The standard InChI is InChI=1S/C22H14Cl2N4O/c1-28-17(6-7-20(28)13-8-15(23)11-16(24)9-13)10-14(12-25)21-26-19-5-3-2-4-18(19)22(29)27-21/h2-11H,1H3,(H,26,27,29). The molecule has 0 saturated heterocycles. The second-order valence-electron chi connectivity index (χ2n) is 6.46.